The predicted molar refractivity (Wildman–Crippen MR) is 75.3 cm³/mol. The second-order valence-electron chi connectivity index (χ2n) is 4.13. The van der Waals surface area contributed by atoms with Gasteiger partial charge in [-0.3, -0.25) is 0 Å². The van der Waals surface area contributed by atoms with Gasteiger partial charge in [0, 0.05) is 5.88 Å². The lowest BCUT2D eigenvalue weighted by atomic mass is 10.1. The first-order chi connectivity index (χ1) is 7.41. The molecular formula is C13H27ClS. The zero-order valence-electron chi connectivity index (χ0n) is 10.3. The topological polar surface area (TPSA) is 0 Å². The molecule has 2 heteroatoms. The van der Waals surface area contributed by atoms with Crippen molar-refractivity contribution >= 4 is 23.4 Å². The lowest BCUT2D eigenvalue weighted by molar-refractivity contribution is 0.586. The van der Waals surface area contributed by atoms with Crippen LogP contribution in [0.25, 0.3) is 0 Å². The zero-order chi connectivity index (χ0) is 11.2. The Bertz CT molecular complexity index is 94.7. The lowest BCUT2D eigenvalue weighted by Gasteiger charge is -2.01. The summed E-state index contributed by atoms with van der Waals surface area (Å²) >= 11 is 7.68. The molecule has 0 bridgehead atoms. The van der Waals surface area contributed by atoms with E-state index < -0.39 is 0 Å². The molecule has 0 fully saturated rings. The molecule has 92 valence electrons. The van der Waals surface area contributed by atoms with Gasteiger partial charge in [-0.25, -0.2) is 0 Å². The zero-order valence-corrected chi connectivity index (χ0v) is 11.8. The van der Waals surface area contributed by atoms with Gasteiger partial charge >= 0.3 is 0 Å². The highest BCUT2D eigenvalue weighted by molar-refractivity contribution is 7.99. The fourth-order valence-corrected chi connectivity index (χ4v) is 2.85. The van der Waals surface area contributed by atoms with Crippen LogP contribution in [0.4, 0.5) is 0 Å². The number of alkyl halides is 1. The van der Waals surface area contributed by atoms with Crippen LogP contribution >= 0.6 is 23.4 Å². The molecule has 0 aromatic rings. The fourth-order valence-electron chi connectivity index (χ4n) is 1.60. The number of rotatable bonds is 12. The Morgan fingerprint density at radius 3 is 1.87 bits per heavy atom. The predicted octanol–water partition coefficient (Wildman–Crippen LogP) is 5.49. The van der Waals surface area contributed by atoms with Gasteiger partial charge in [0.2, 0.25) is 0 Å². The van der Waals surface area contributed by atoms with Gasteiger partial charge in [0.15, 0.2) is 0 Å². The molecule has 0 spiro atoms. The van der Waals surface area contributed by atoms with Gasteiger partial charge in [-0.05, 0) is 24.3 Å². The first-order valence-corrected chi connectivity index (χ1v) is 8.24. The van der Waals surface area contributed by atoms with Gasteiger partial charge in [-0.1, -0.05) is 51.9 Å². The van der Waals surface area contributed by atoms with Crippen LogP contribution in [0, 0.1) is 0 Å². The van der Waals surface area contributed by atoms with E-state index in [-0.39, 0.29) is 0 Å². The van der Waals surface area contributed by atoms with E-state index in [2.05, 4.69) is 18.7 Å². The maximum Gasteiger partial charge on any atom is 0.0231 e. The highest BCUT2D eigenvalue weighted by atomic mass is 35.5. The molecule has 0 aromatic heterocycles. The molecule has 0 aliphatic heterocycles. The Morgan fingerprint density at radius 1 is 0.733 bits per heavy atom. The Hall–Kier alpha value is 0.640. The third-order valence-corrected chi connectivity index (χ3v) is 3.99. The fraction of sp³-hybridized carbons (Fsp3) is 1.00. The number of halogens is 1. The van der Waals surface area contributed by atoms with Crippen molar-refractivity contribution < 1.29 is 0 Å². The summed E-state index contributed by atoms with van der Waals surface area (Å²) in [5, 5.41) is 0. The van der Waals surface area contributed by atoms with Crippen molar-refractivity contribution in [3.05, 3.63) is 0 Å². The quantitative estimate of drug-likeness (QED) is 0.326. The van der Waals surface area contributed by atoms with Crippen LogP contribution in [-0.4, -0.2) is 17.4 Å². The van der Waals surface area contributed by atoms with E-state index in [4.69, 9.17) is 11.6 Å². The van der Waals surface area contributed by atoms with E-state index in [1.807, 2.05) is 0 Å². The third kappa shape index (κ3) is 14.6. The number of hydrogen-bond donors (Lipinski definition) is 0. The molecule has 0 N–H and O–H groups in total. The SMILES string of the molecule is CCCCCCCCCCSCCCCl. The highest BCUT2D eigenvalue weighted by Gasteiger charge is 1.92. The van der Waals surface area contributed by atoms with Crippen LogP contribution in [-0.2, 0) is 0 Å². The van der Waals surface area contributed by atoms with Crippen molar-refractivity contribution in [2.75, 3.05) is 17.4 Å². The smallest absolute Gasteiger partial charge is 0.0231 e. The van der Waals surface area contributed by atoms with Crippen molar-refractivity contribution in [2.45, 2.75) is 64.7 Å². The molecular weight excluding hydrogens is 224 g/mol. The van der Waals surface area contributed by atoms with E-state index >= 15 is 0 Å². The molecule has 15 heavy (non-hydrogen) atoms. The minimum absolute atomic E-state index is 0.824. The molecule has 0 saturated carbocycles. The van der Waals surface area contributed by atoms with Crippen molar-refractivity contribution in [3.8, 4) is 0 Å². The summed E-state index contributed by atoms with van der Waals surface area (Å²) in [6.07, 6.45) is 12.6. The van der Waals surface area contributed by atoms with Crippen molar-refractivity contribution in [2.24, 2.45) is 0 Å². The van der Waals surface area contributed by atoms with Gasteiger partial charge in [0.25, 0.3) is 0 Å². The number of unbranched alkanes of at least 4 members (excludes halogenated alkanes) is 7. The van der Waals surface area contributed by atoms with Crippen molar-refractivity contribution in [1.29, 1.82) is 0 Å². The Morgan fingerprint density at radius 2 is 1.27 bits per heavy atom. The van der Waals surface area contributed by atoms with Gasteiger partial charge < -0.3 is 0 Å². The van der Waals surface area contributed by atoms with Crippen LogP contribution in [0.2, 0.25) is 0 Å². The van der Waals surface area contributed by atoms with E-state index in [1.54, 1.807) is 0 Å². The molecule has 0 saturated heterocycles. The second-order valence-corrected chi connectivity index (χ2v) is 5.73. The maximum atomic E-state index is 5.61. The first kappa shape index (κ1) is 15.6. The molecule has 0 amide bonds. The Kier molecular flexibility index (Phi) is 15.3. The molecule has 0 nitrogen and oxygen atoms in total. The molecule has 0 atom stereocenters. The molecule has 0 heterocycles. The molecule has 0 aliphatic rings. The Labute approximate surface area is 106 Å². The monoisotopic (exact) mass is 250 g/mol. The van der Waals surface area contributed by atoms with E-state index in [0.717, 1.165) is 5.88 Å². The summed E-state index contributed by atoms with van der Waals surface area (Å²) in [4.78, 5) is 0. The maximum absolute atomic E-state index is 5.61. The minimum atomic E-state index is 0.824. The number of hydrogen-bond acceptors (Lipinski definition) is 1. The molecule has 0 aromatic carbocycles. The molecule has 0 radical (unpaired) electrons. The molecule has 0 rings (SSSR count). The normalized spacial score (nSPS) is 10.8. The van der Waals surface area contributed by atoms with Crippen molar-refractivity contribution in [1.82, 2.24) is 0 Å². The Balaban J connectivity index is 2.81. The van der Waals surface area contributed by atoms with Gasteiger partial charge in [-0.15, -0.1) is 11.6 Å². The van der Waals surface area contributed by atoms with Gasteiger partial charge in [-0.2, -0.15) is 11.8 Å². The van der Waals surface area contributed by atoms with E-state index in [0.29, 0.717) is 0 Å². The van der Waals surface area contributed by atoms with E-state index in [1.165, 1.54) is 69.3 Å². The van der Waals surface area contributed by atoms with Crippen LogP contribution in [0.1, 0.15) is 64.7 Å². The van der Waals surface area contributed by atoms with Crippen LogP contribution in [0.15, 0.2) is 0 Å². The van der Waals surface area contributed by atoms with E-state index in [9.17, 15) is 0 Å². The van der Waals surface area contributed by atoms with Crippen molar-refractivity contribution in [3.63, 3.8) is 0 Å². The summed E-state index contributed by atoms with van der Waals surface area (Å²) in [6, 6.07) is 0. The van der Waals surface area contributed by atoms with Gasteiger partial charge in [0.05, 0.1) is 0 Å². The van der Waals surface area contributed by atoms with Crippen LogP contribution in [0.5, 0.6) is 0 Å². The average molecular weight is 251 g/mol. The summed E-state index contributed by atoms with van der Waals surface area (Å²) in [6.45, 7) is 2.28. The minimum Gasteiger partial charge on any atom is -0.162 e. The highest BCUT2D eigenvalue weighted by Crippen LogP contribution is 2.11. The first-order valence-electron chi connectivity index (χ1n) is 6.55. The summed E-state index contributed by atoms with van der Waals surface area (Å²) in [5.74, 6) is 3.41. The van der Waals surface area contributed by atoms with Gasteiger partial charge in [0.1, 0.15) is 0 Å². The second kappa shape index (κ2) is 14.6. The summed E-state index contributed by atoms with van der Waals surface area (Å²) in [5.41, 5.74) is 0. The average Bonchev–Trinajstić information content (AvgIpc) is 2.26. The number of thioether (sulfide) groups is 1. The lowest BCUT2D eigenvalue weighted by Crippen LogP contribution is -1.86. The standard InChI is InChI=1S/C13H27ClS/c1-2-3-4-5-6-7-8-9-12-15-13-10-11-14/h2-13H2,1H3. The molecule has 0 unspecified atom stereocenters. The molecule has 0 aliphatic carbocycles. The summed E-state index contributed by atoms with van der Waals surface area (Å²) < 4.78 is 0. The third-order valence-electron chi connectivity index (χ3n) is 2.56. The summed E-state index contributed by atoms with van der Waals surface area (Å²) in [7, 11) is 0. The van der Waals surface area contributed by atoms with Crippen LogP contribution in [0.3, 0.4) is 0 Å². The van der Waals surface area contributed by atoms with Crippen LogP contribution < -0.4 is 0 Å². The largest absolute Gasteiger partial charge is 0.162 e.